The summed E-state index contributed by atoms with van der Waals surface area (Å²) in [4.78, 5) is 6.62. The van der Waals surface area contributed by atoms with Gasteiger partial charge in [-0.15, -0.1) is 0 Å². The summed E-state index contributed by atoms with van der Waals surface area (Å²) in [5, 5.41) is 13.2. The van der Waals surface area contributed by atoms with Crippen LogP contribution in [0.15, 0.2) is 18.3 Å². The van der Waals surface area contributed by atoms with Gasteiger partial charge in [-0.25, -0.2) is 4.98 Å². The van der Waals surface area contributed by atoms with Crippen molar-refractivity contribution in [3.8, 4) is 0 Å². The van der Waals surface area contributed by atoms with Crippen molar-refractivity contribution >= 4 is 5.82 Å². The molecule has 2 N–H and O–H groups in total. The summed E-state index contributed by atoms with van der Waals surface area (Å²) >= 11 is 0. The first-order valence-corrected chi connectivity index (χ1v) is 6.23. The fraction of sp³-hybridized carbons (Fsp3) is 0.615. The Kier molecular flexibility index (Phi) is 3.64. The van der Waals surface area contributed by atoms with E-state index in [1.54, 1.807) is 0 Å². The molecule has 0 bridgehead atoms. The van der Waals surface area contributed by atoms with E-state index in [9.17, 15) is 5.11 Å². The molecular formula is C13H21N3O. The van der Waals surface area contributed by atoms with Crippen LogP contribution in [0.4, 0.5) is 5.82 Å². The maximum atomic E-state index is 9.94. The van der Waals surface area contributed by atoms with Crippen LogP contribution in [0.3, 0.4) is 0 Å². The van der Waals surface area contributed by atoms with E-state index in [1.165, 1.54) is 5.56 Å². The highest BCUT2D eigenvalue weighted by molar-refractivity contribution is 5.43. The van der Waals surface area contributed by atoms with Gasteiger partial charge in [-0.3, -0.25) is 4.90 Å². The summed E-state index contributed by atoms with van der Waals surface area (Å²) in [6.07, 6.45) is 2.66. The van der Waals surface area contributed by atoms with Crippen molar-refractivity contribution in [2.75, 3.05) is 25.0 Å². The highest BCUT2D eigenvalue weighted by atomic mass is 16.3. The zero-order valence-electron chi connectivity index (χ0n) is 10.6. The van der Waals surface area contributed by atoms with E-state index in [-0.39, 0.29) is 0 Å². The van der Waals surface area contributed by atoms with Crippen LogP contribution in [0.2, 0.25) is 0 Å². The summed E-state index contributed by atoms with van der Waals surface area (Å²) in [6.45, 7) is 7.40. The molecule has 2 rings (SSSR count). The molecule has 17 heavy (non-hydrogen) atoms. The molecule has 0 spiro atoms. The van der Waals surface area contributed by atoms with Gasteiger partial charge < -0.3 is 10.4 Å². The average Bonchev–Trinajstić information content (AvgIpc) is 2.61. The Morgan fingerprint density at radius 2 is 2.41 bits per heavy atom. The number of anilines is 1. The predicted molar refractivity (Wildman–Crippen MR) is 68.9 cm³/mol. The lowest BCUT2D eigenvalue weighted by Gasteiger charge is -2.20. The van der Waals surface area contributed by atoms with Crippen molar-refractivity contribution < 1.29 is 5.11 Å². The molecule has 2 heterocycles. The summed E-state index contributed by atoms with van der Waals surface area (Å²) in [7, 11) is 0. The topological polar surface area (TPSA) is 48.4 Å². The van der Waals surface area contributed by atoms with Crippen LogP contribution in [-0.4, -0.2) is 40.2 Å². The molecular weight excluding hydrogens is 214 g/mol. The van der Waals surface area contributed by atoms with Gasteiger partial charge in [0.15, 0.2) is 0 Å². The second-order valence-corrected chi connectivity index (χ2v) is 5.00. The van der Waals surface area contributed by atoms with Crippen LogP contribution >= 0.6 is 0 Å². The highest BCUT2D eigenvalue weighted by Crippen LogP contribution is 2.23. The third-order valence-electron chi connectivity index (χ3n) is 3.16. The first-order valence-electron chi connectivity index (χ1n) is 6.23. The van der Waals surface area contributed by atoms with Gasteiger partial charge in [-0.05, 0) is 26.3 Å². The fourth-order valence-corrected chi connectivity index (χ4v) is 2.31. The van der Waals surface area contributed by atoms with E-state index in [1.807, 2.05) is 19.2 Å². The lowest BCUT2D eigenvalue weighted by atomic mass is 10.1. The van der Waals surface area contributed by atoms with Gasteiger partial charge in [0.1, 0.15) is 5.82 Å². The first kappa shape index (κ1) is 12.3. The molecule has 1 atom stereocenters. The smallest absolute Gasteiger partial charge is 0.130 e. The molecule has 1 aromatic rings. The molecule has 1 saturated heterocycles. The normalized spacial score (nSPS) is 25.1. The third-order valence-corrected chi connectivity index (χ3v) is 3.16. The first-order chi connectivity index (χ1) is 8.11. The molecule has 4 heteroatoms. The molecule has 1 fully saturated rings. The quantitative estimate of drug-likeness (QED) is 0.829. The summed E-state index contributed by atoms with van der Waals surface area (Å²) in [6, 6.07) is 4.06. The third kappa shape index (κ3) is 3.17. The minimum Gasteiger partial charge on any atom is -0.389 e. The maximum absolute atomic E-state index is 9.94. The number of nitrogens with one attached hydrogen (secondary N) is 1. The fourth-order valence-electron chi connectivity index (χ4n) is 2.31. The molecule has 0 aliphatic carbocycles. The van der Waals surface area contributed by atoms with Gasteiger partial charge in [0.05, 0.1) is 5.60 Å². The molecule has 1 aliphatic rings. The Hall–Kier alpha value is -1.13. The van der Waals surface area contributed by atoms with Gasteiger partial charge in [-0.1, -0.05) is 6.07 Å². The van der Waals surface area contributed by atoms with Gasteiger partial charge >= 0.3 is 0 Å². The van der Waals surface area contributed by atoms with Gasteiger partial charge in [-0.2, -0.15) is 0 Å². The van der Waals surface area contributed by atoms with Crippen molar-refractivity contribution in [1.82, 2.24) is 9.88 Å². The standard InChI is InChI=1S/C13H21N3O/c1-3-14-12-11(5-4-7-15-12)9-16-8-6-13(2,17)10-16/h4-5,7,17H,3,6,8-10H2,1-2H3,(H,14,15). The SMILES string of the molecule is CCNc1ncccc1CN1CCC(C)(O)C1. The van der Waals surface area contributed by atoms with Crippen LogP contribution < -0.4 is 5.32 Å². The van der Waals surface area contributed by atoms with Crippen molar-refractivity contribution in [2.24, 2.45) is 0 Å². The van der Waals surface area contributed by atoms with E-state index in [0.717, 1.165) is 38.4 Å². The number of pyridine rings is 1. The lowest BCUT2D eigenvalue weighted by Crippen LogP contribution is -2.29. The number of likely N-dealkylation sites (tertiary alicyclic amines) is 1. The van der Waals surface area contributed by atoms with Crippen LogP contribution in [0.25, 0.3) is 0 Å². The molecule has 0 saturated carbocycles. The number of hydrogen-bond acceptors (Lipinski definition) is 4. The van der Waals surface area contributed by atoms with Crippen molar-refractivity contribution in [2.45, 2.75) is 32.4 Å². The van der Waals surface area contributed by atoms with Crippen molar-refractivity contribution in [3.05, 3.63) is 23.9 Å². The molecule has 0 amide bonds. The molecule has 1 aliphatic heterocycles. The number of aromatic nitrogens is 1. The second-order valence-electron chi connectivity index (χ2n) is 5.00. The van der Waals surface area contributed by atoms with Crippen LogP contribution in [-0.2, 0) is 6.54 Å². The van der Waals surface area contributed by atoms with Crippen LogP contribution in [0.5, 0.6) is 0 Å². The monoisotopic (exact) mass is 235 g/mol. The van der Waals surface area contributed by atoms with Crippen LogP contribution in [0, 0.1) is 0 Å². The van der Waals surface area contributed by atoms with E-state index in [4.69, 9.17) is 0 Å². The number of β-amino-alcohol motifs (C(OH)–C–C–N with tert-alkyl or cyclic N) is 1. The number of hydrogen-bond donors (Lipinski definition) is 2. The Labute approximate surface area is 103 Å². The van der Waals surface area contributed by atoms with Crippen LogP contribution in [0.1, 0.15) is 25.8 Å². The van der Waals surface area contributed by atoms with E-state index < -0.39 is 5.60 Å². The zero-order chi connectivity index (χ0) is 12.3. The maximum Gasteiger partial charge on any atom is 0.130 e. The minimum absolute atomic E-state index is 0.527. The van der Waals surface area contributed by atoms with E-state index in [2.05, 4.69) is 28.2 Å². The Morgan fingerprint density at radius 1 is 1.59 bits per heavy atom. The average molecular weight is 235 g/mol. The molecule has 0 aromatic carbocycles. The Balaban J connectivity index is 2.03. The van der Waals surface area contributed by atoms with Gasteiger partial charge in [0.2, 0.25) is 0 Å². The summed E-state index contributed by atoms with van der Waals surface area (Å²) < 4.78 is 0. The summed E-state index contributed by atoms with van der Waals surface area (Å²) in [5.41, 5.74) is 0.674. The Morgan fingerprint density at radius 3 is 3.06 bits per heavy atom. The highest BCUT2D eigenvalue weighted by Gasteiger charge is 2.31. The predicted octanol–water partition coefficient (Wildman–Crippen LogP) is 1.47. The number of aliphatic hydroxyl groups is 1. The minimum atomic E-state index is -0.527. The summed E-state index contributed by atoms with van der Waals surface area (Å²) in [5.74, 6) is 0.960. The molecule has 94 valence electrons. The van der Waals surface area contributed by atoms with Gasteiger partial charge in [0, 0.05) is 37.9 Å². The Bertz CT molecular complexity index is 379. The van der Waals surface area contributed by atoms with Gasteiger partial charge in [0.25, 0.3) is 0 Å². The van der Waals surface area contributed by atoms with E-state index in [0.29, 0.717) is 0 Å². The molecule has 1 aromatic heterocycles. The molecule has 4 nitrogen and oxygen atoms in total. The zero-order valence-corrected chi connectivity index (χ0v) is 10.6. The second kappa shape index (κ2) is 5.02. The molecule has 0 radical (unpaired) electrons. The van der Waals surface area contributed by atoms with Crippen molar-refractivity contribution in [3.63, 3.8) is 0 Å². The van der Waals surface area contributed by atoms with Crippen molar-refractivity contribution in [1.29, 1.82) is 0 Å². The lowest BCUT2D eigenvalue weighted by molar-refractivity contribution is 0.0679. The molecule has 1 unspecified atom stereocenters. The number of nitrogens with zero attached hydrogens (tertiary/aromatic N) is 2. The largest absolute Gasteiger partial charge is 0.389 e. The number of rotatable bonds is 4. The van der Waals surface area contributed by atoms with E-state index >= 15 is 0 Å².